The summed E-state index contributed by atoms with van der Waals surface area (Å²) < 4.78 is 52.3. The first-order valence-electron chi connectivity index (χ1n) is 7.80. The topological polar surface area (TPSA) is 66.5 Å². The van der Waals surface area contributed by atoms with Crippen molar-refractivity contribution in [2.45, 2.75) is 6.18 Å². The lowest BCUT2D eigenvalue weighted by Crippen LogP contribution is -2.04. The SMILES string of the molecule is Fc1cc2nc(-c3ccc(C(F)(F)F)cc3)[nH]c2cc1Nc1ccncn1. The van der Waals surface area contributed by atoms with Crippen LogP contribution in [-0.4, -0.2) is 19.9 Å². The third-order valence-corrected chi connectivity index (χ3v) is 3.90. The molecule has 0 saturated carbocycles. The summed E-state index contributed by atoms with van der Waals surface area (Å²) >= 11 is 0. The molecule has 0 atom stereocenters. The van der Waals surface area contributed by atoms with Gasteiger partial charge in [-0.3, -0.25) is 0 Å². The zero-order chi connectivity index (χ0) is 19.0. The Morgan fingerprint density at radius 2 is 1.78 bits per heavy atom. The number of halogens is 4. The summed E-state index contributed by atoms with van der Waals surface area (Å²) in [6.45, 7) is 0. The zero-order valence-electron chi connectivity index (χ0n) is 13.5. The van der Waals surface area contributed by atoms with Gasteiger partial charge in [0.25, 0.3) is 0 Å². The molecule has 9 heteroatoms. The summed E-state index contributed by atoms with van der Waals surface area (Å²) in [5.41, 5.74) is 0.789. The van der Waals surface area contributed by atoms with Crippen LogP contribution in [0.25, 0.3) is 22.4 Å². The van der Waals surface area contributed by atoms with Crippen LogP contribution in [0, 0.1) is 5.82 Å². The van der Waals surface area contributed by atoms with Crippen LogP contribution in [0.3, 0.4) is 0 Å². The number of imidazole rings is 1. The maximum absolute atomic E-state index is 14.3. The van der Waals surface area contributed by atoms with Crippen molar-refractivity contribution in [3.8, 4) is 11.4 Å². The summed E-state index contributed by atoms with van der Waals surface area (Å²) in [6.07, 6.45) is -1.56. The highest BCUT2D eigenvalue weighted by Gasteiger charge is 2.30. The van der Waals surface area contributed by atoms with Crippen molar-refractivity contribution in [2.75, 3.05) is 5.32 Å². The van der Waals surface area contributed by atoms with E-state index in [9.17, 15) is 17.6 Å². The number of alkyl halides is 3. The number of fused-ring (bicyclic) bond motifs is 1. The van der Waals surface area contributed by atoms with Gasteiger partial charge in [-0.2, -0.15) is 13.2 Å². The molecule has 0 aliphatic rings. The first-order valence-corrected chi connectivity index (χ1v) is 7.80. The molecule has 0 saturated heterocycles. The van der Waals surface area contributed by atoms with Crippen molar-refractivity contribution in [3.63, 3.8) is 0 Å². The van der Waals surface area contributed by atoms with E-state index in [-0.39, 0.29) is 5.69 Å². The van der Waals surface area contributed by atoms with Gasteiger partial charge in [-0.1, -0.05) is 12.1 Å². The van der Waals surface area contributed by atoms with Crippen LogP contribution in [-0.2, 0) is 6.18 Å². The lowest BCUT2D eigenvalue weighted by molar-refractivity contribution is -0.137. The van der Waals surface area contributed by atoms with Gasteiger partial charge in [0.1, 0.15) is 23.8 Å². The van der Waals surface area contributed by atoms with Crippen molar-refractivity contribution in [1.29, 1.82) is 0 Å². The molecule has 2 N–H and O–H groups in total. The molecular weight excluding hydrogens is 362 g/mol. The fourth-order valence-corrected chi connectivity index (χ4v) is 2.58. The maximum Gasteiger partial charge on any atom is 0.416 e. The Hall–Kier alpha value is -3.49. The van der Waals surface area contributed by atoms with E-state index in [0.717, 1.165) is 12.1 Å². The molecular formula is C18H11F4N5. The summed E-state index contributed by atoms with van der Waals surface area (Å²) in [4.78, 5) is 15.0. The van der Waals surface area contributed by atoms with E-state index < -0.39 is 17.6 Å². The molecule has 0 aliphatic heterocycles. The van der Waals surface area contributed by atoms with Gasteiger partial charge in [-0.05, 0) is 24.3 Å². The van der Waals surface area contributed by atoms with E-state index in [1.165, 1.54) is 36.8 Å². The van der Waals surface area contributed by atoms with Gasteiger partial charge in [0.15, 0.2) is 0 Å². The average Bonchev–Trinajstić information content (AvgIpc) is 3.05. The Balaban J connectivity index is 1.68. The number of H-pyrrole nitrogens is 1. The predicted molar refractivity (Wildman–Crippen MR) is 91.8 cm³/mol. The number of rotatable bonds is 3. The highest BCUT2D eigenvalue weighted by atomic mass is 19.4. The minimum atomic E-state index is -4.41. The van der Waals surface area contributed by atoms with Gasteiger partial charge in [-0.15, -0.1) is 0 Å². The maximum atomic E-state index is 14.3. The van der Waals surface area contributed by atoms with Crippen molar-refractivity contribution >= 4 is 22.5 Å². The van der Waals surface area contributed by atoms with Crippen LogP contribution in [0.15, 0.2) is 55.0 Å². The van der Waals surface area contributed by atoms with E-state index in [1.807, 2.05) is 0 Å². The zero-order valence-corrected chi connectivity index (χ0v) is 13.5. The minimum Gasteiger partial charge on any atom is -0.338 e. The van der Waals surface area contributed by atoms with Crippen molar-refractivity contribution in [1.82, 2.24) is 19.9 Å². The molecule has 4 rings (SSSR count). The molecule has 2 aromatic heterocycles. The number of aromatic amines is 1. The molecule has 0 spiro atoms. The normalized spacial score (nSPS) is 11.7. The molecule has 0 amide bonds. The molecule has 136 valence electrons. The van der Waals surface area contributed by atoms with Crippen LogP contribution in [0.1, 0.15) is 5.56 Å². The molecule has 2 aromatic carbocycles. The minimum absolute atomic E-state index is 0.184. The Morgan fingerprint density at radius 3 is 2.44 bits per heavy atom. The Bertz CT molecular complexity index is 1090. The van der Waals surface area contributed by atoms with Gasteiger partial charge < -0.3 is 10.3 Å². The predicted octanol–water partition coefficient (Wildman–Crippen LogP) is 4.92. The second kappa shape index (κ2) is 6.35. The Labute approximate surface area is 150 Å². The molecule has 0 aliphatic carbocycles. The highest BCUT2D eigenvalue weighted by molar-refractivity contribution is 5.83. The summed E-state index contributed by atoms with van der Waals surface area (Å²) in [5, 5.41) is 2.84. The molecule has 4 aromatic rings. The third-order valence-electron chi connectivity index (χ3n) is 3.90. The van der Waals surface area contributed by atoms with Gasteiger partial charge in [0.2, 0.25) is 0 Å². The number of nitrogens with one attached hydrogen (secondary N) is 2. The van der Waals surface area contributed by atoms with Crippen molar-refractivity contribution < 1.29 is 17.6 Å². The summed E-state index contributed by atoms with van der Waals surface area (Å²) in [5.74, 6) is 0.231. The fourth-order valence-electron chi connectivity index (χ4n) is 2.58. The second-order valence-electron chi connectivity index (χ2n) is 5.73. The lowest BCUT2D eigenvalue weighted by atomic mass is 10.1. The Kier molecular flexibility index (Phi) is 3.98. The monoisotopic (exact) mass is 373 g/mol. The number of hydrogen-bond acceptors (Lipinski definition) is 4. The quantitative estimate of drug-likeness (QED) is 0.500. The first-order chi connectivity index (χ1) is 12.9. The average molecular weight is 373 g/mol. The number of hydrogen-bond donors (Lipinski definition) is 2. The van der Waals surface area contributed by atoms with Gasteiger partial charge >= 0.3 is 6.18 Å². The molecule has 0 fully saturated rings. The second-order valence-corrected chi connectivity index (χ2v) is 5.73. The van der Waals surface area contributed by atoms with Gasteiger partial charge in [0, 0.05) is 17.8 Å². The molecule has 0 bridgehead atoms. The van der Waals surface area contributed by atoms with Crippen LogP contribution in [0.4, 0.5) is 29.1 Å². The molecule has 0 radical (unpaired) electrons. The molecule has 5 nitrogen and oxygen atoms in total. The van der Waals surface area contributed by atoms with E-state index in [2.05, 4.69) is 25.3 Å². The molecule has 2 heterocycles. The highest BCUT2D eigenvalue weighted by Crippen LogP contribution is 2.31. The summed E-state index contributed by atoms with van der Waals surface area (Å²) in [7, 11) is 0. The number of benzene rings is 2. The van der Waals surface area contributed by atoms with E-state index in [4.69, 9.17) is 0 Å². The molecule has 27 heavy (non-hydrogen) atoms. The largest absolute Gasteiger partial charge is 0.416 e. The summed E-state index contributed by atoms with van der Waals surface area (Å²) in [6, 6.07) is 8.94. The van der Waals surface area contributed by atoms with Crippen LogP contribution >= 0.6 is 0 Å². The number of anilines is 2. The first kappa shape index (κ1) is 17.0. The standard InChI is InChI=1S/C18H11F4N5/c19-12-7-14-15(8-13(12)25-16-5-6-23-9-24-16)27-17(26-14)10-1-3-11(4-2-10)18(20,21)22/h1-9H,(H,26,27)(H,23,24,25). The third kappa shape index (κ3) is 3.43. The van der Waals surface area contributed by atoms with Crippen LogP contribution in [0.5, 0.6) is 0 Å². The smallest absolute Gasteiger partial charge is 0.338 e. The fraction of sp³-hybridized carbons (Fsp3) is 0.0556. The van der Waals surface area contributed by atoms with Crippen molar-refractivity contribution in [3.05, 3.63) is 66.4 Å². The Morgan fingerprint density at radius 1 is 1.00 bits per heavy atom. The number of aromatic nitrogens is 4. The molecule has 0 unspecified atom stereocenters. The van der Waals surface area contributed by atoms with E-state index in [1.54, 1.807) is 6.07 Å². The van der Waals surface area contributed by atoms with Crippen LogP contribution < -0.4 is 5.32 Å². The number of nitrogens with zero attached hydrogens (tertiary/aromatic N) is 3. The van der Waals surface area contributed by atoms with Gasteiger partial charge in [-0.25, -0.2) is 19.3 Å². The lowest BCUT2D eigenvalue weighted by Gasteiger charge is -2.06. The van der Waals surface area contributed by atoms with Crippen molar-refractivity contribution in [2.24, 2.45) is 0 Å². The van der Waals surface area contributed by atoms with E-state index in [0.29, 0.717) is 28.2 Å². The van der Waals surface area contributed by atoms with Gasteiger partial charge in [0.05, 0.1) is 22.3 Å². The van der Waals surface area contributed by atoms with E-state index >= 15 is 0 Å². The van der Waals surface area contributed by atoms with Crippen LogP contribution in [0.2, 0.25) is 0 Å².